The fourth-order valence-corrected chi connectivity index (χ4v) is 3.75. The number of fused-ring (bicyclic) bond motifs is 1. The third kappa shape index (κ3) is 2.74. The Kier molecular flexibility index (Phi) is 3.84. The van der Waals surface area contributed by atoms with Gasteiger partial charge in [-0.2, -0.15) is 0 Å². The van der Waals surface area contributed by atoms with Gasteiger partial charge in [0, 0.05) is 4.88 Å². The van der Waals surface area contributed by atoms with E-state index in [1.807, 2.05) is 17.4 Å². The van der Waals surface area contributed by atoms with Gasteiger partial charge in [0.1, 0.15) is 0 Å². The normalized spacial score (nSPS) is 17.1. The van der Waals surface area contributed by atoms with Crippen molar-refractivity contribution in [3.05, 3.63) is 45.6 Å². The van der Waals surface area contributed by atoms with Crippen molar-refractivity contribution in [1.29, 1.82) is 0 Å². The van der Waals surface area contributed by atoms with Crippen LogP contribution in [0.25, 0.3) is 0 Å². The van der Waals surface area contributed by atoms with Crippen LogP contribution in [0.4, 0.5) is 11.4 Å². The second-order valence-electron chi connectivity index (χ2n) is 5.18. The molecule has 5 heteroatoms. The van der Waals surface area contributed by atoms with Crippen molar-refractivity contribution in [3.63, 3.8) is 0 Å². The molecular weight excluding hydrogens is 284 g/mol. The molecule has 110 valence electrons. The second-order valence-corrected chi connectivity index (χ2v) is 6.18. The SMILES string of the molecule is COC(=O)c1ccc(NC2CCCc3sccc32)c(N)c1. The number of hydrogen-bond acceptors (Lipinski definition) is 5. The van der Waals surface area contributed by atoms with E-state index < -0.39 is 0 Å². The van der Waals surface area contributed by atoms with Gasteiger partial charge in [0.05, 0.1) is 30.1 Å². The number of rotatable bonds is 3. The lowest BCUT2D eigenvalue weighted by Gasteiger charge is -2.25. The predicted molar refractivity (Wildman–Crippen MR) is 85.8 cm³/mol. The van der Waals surface area contributed by atoms with E-state index in [1.54, 1.807) is 12.1 Å². The number of esters is 1. The van der Waals surface area contributed by atoms with Gasteiger partial charge in [0.15, 0.2) is 0 Å². The summed E-state index contributed by atoms with van der Waals surface area (Å²) in [5.74, 6) is -0.369. The standard InChI is InChI=1S/C16H18N2O2S/c1-20-16(19)10-5-6-14(12(17)9-10)18-13-3-2-4-15-11(13)7-8-21-15/h5-9,13,18H,2-4,17H2,1H3. The smallest absolute Gasteiger partial charge is 0.337 e. The van der Waals surface area contributed by atoms with Crippen molar-refractivity contribution in [2.24, 2.45) is 0 Å². The highest BCUT2D eigenvalue weighted by Crippen LogP contribution is 2.36. The Morgan fingerprint density at radius 2 is 2.29 bits per heavy atom. The molecule has 4 nitrogen and oxygen atoms in total. The van der Waals surface area contributed by atoms with Crippen LogP contribution >= 0.6 is 11.3 Å². The second kappa shape index (κ2) is 5.77. The fraction of sp³-hybridized carbons (Fsp3) is 0.312. The molecule has 0 aliphatic heterocycles. The summed E-state index contributed by atoms with van der Waals surface area (Å²) in [4.78, 5) is 13.0. The molecule has 0 bridgehead atoms. The van der Waals surface area contributed by atoms with E-state index in [1.165, 1.54) is 30.4 Å². The molecule has 0 saturated heterocycles. The van der Waals surface area contributed by atoms with Crippen molar-refractivity contribution >= 4 is 28.7 Å². The molecule has 1 aromatic heterocycles. The first kappa shape index (κ1) is 13.9. The molecule has 21 heavy (non-hydrogen) atoms. The molecule has 0 saturated carbocycles. The summed E-state index contributed by atoms with van der Waals surface area (Å²) in [5.41, 5.74) is 9.35. The highest BCUT2D eigenvalue weighted by molar-refractivity contribution is 7.10. The summed E-state index contributed by atoms with van der Waals surface area (Å²) in [5, 5.41) is 5.65. The lowest BCUT2D eigenvalue weighted by atomic mass is 9.93. The van der Waals surface area contributed by atoms with Crippen LogP contribution in [0.15, 0.2) is 29.6 Å². The first-order valence-corrected chi connectivity index (χ1v) is 7.87. The van der Waals surface area contributed by atoms with Gasteiger partial charge < -0.3 is 15.8 Å². The molecule has 0 fully saturated rings. The van der Waals surface area contributed by atoms with E-state index >= 15 is 0 Å². The minimum atomic E-state index is -0.369. The number of nitrogens with one attached hydrogen (secondary N) is 1. The summed E-state index contributed by atoms with van der Waals surface area (Å²) >= 11 is 1.82. The predicted octanol–water partition coefficient (Wildman–Crippen LogP) is 3.61. The number of benzene rings is 1. The number of anilines is 2. The quantitative estimate of drug-likeness (QED) is 0.671. The van der Waals surface area contributed by atoms with E-state index in [2.05, 4.69) is 16.8 Å². The molecule has 0 spiro atoms. The van der Waals surface area contributed by atoms with Crippen LogP contribution in [0, 0.1) is 0 Å². The number of carbonyl (C=O) groups is 1. The molecule has 1 atom stereocenters. The number of nitrogen functional groups attached to an aromatic ring is 1. The van der Waals surface area contributed by atoms with Crippen molar-refractivity contribution < 1.29 is 9.53 Å². The minimum Gasteiger partial charge on any atom is -0.465 e. The van der Waals surface area contributed by atoms with Gasteiger partial charge in [-0.25, -0.2) is 4.79 Å². The first-order chi connectivity index (χ1) is 10.2. The zero-order valence-electron chi connectivity index (χ0n) is 11.9. The van der Waals surface area contributed by atoms with Crippen molar-refractivity contribution in [1.82, 2.24) is 0 Å². The molecule has 0 amide bonds. The molecule has 3 rings (SSSR count). The highest BCUT2D eigenvalue weighted by atomic mass is 32.1. The fourth-order valence-electron chi connectivity index (χ4n) is 2.76. The van der Waals surface area contributed by atoms with E-state index in [0.717, 1.165) is 12.1 Å². The molecule has 1 aromatic carbocycles. The lowest BCUT2D eigenvalue weighted by molar-refractivity contribution is 0.0601. The number of carbonyl (C=O) groups excluding carboxylic acids is 1. The van der Waals surface area contributed by atoms with Gasteiger partial charge >= 0.3 is 5.97 Å². The van der Waals surface area contributed by atoms with Gasteiger partial charge in [0.25, 0.3) is 0 Å². The van der Waals surface area contributed by atoms with Crippen molar-refractivity contribution in [2.75, 3.05) is 18.2 Å². The molecule has 0 radical (unpaired) electrons. The number of thiophene rings is 1. The van der Waals surface area contributed by atoms with Crippen molar-refractivity contribution in [3.8, 4) is 0 Å². The van der Waals surface area contributed by atoms with Gasteiger partial charge in [-0.3, -0.25) is 0 Å². The van der Waals surface area contributed by atoms with Crippen LogP contribution in [0.1, 0.15) is 39.7 Å². The van der Waals surface area contributed by atoms with E-state index in [9.17, 15) is 4.79 Å². The van der Waals surface area contributed by atoms with Crippen LogP contribution in [-0.4, -0.2) is 13.1 Å². The largest absolute Gasteiger partial charge is 0.465 e. The summed E-state index contributed by atoms with van der Waals surface area (Å²) in [6.07, 6.45) is 3.45. The molecule has 2 aromatic rings. The molecular formula is C16H18N2O2S. The van der Waals surface area contributed by atoms with Crippen LogP contribution in [-0.2, 0) is 11.2 Å². The Bertz CT molecular complexity index is 666. The summed E-state index contributed by atoms with van der Waals surface area (Å²) in [6, 6.07) is 7.73. The van der Waals surface area contributed by atoms with Crippen LogP contribution in [0.5, 0.6) is 0 Å². The van der Waals surface area contributed by atoms with Gasteiger partial charge in [-0.05, 0) is 54.5 Å². The Balaban J connectivity index is 1.82. The lowest BCUT2D eigenvalue weighted by Crippen LogP contribution is -2.16. The zero-order valence-corrected chi connectivity index (χ0v) is 12.7. The first-order valence-electron chi connectivity index (χ1n) is 6.99. The summed E-state index contributed by atoms with van der Waals surface area (Å²) in [6.45, 7) is 0. The van der Waals surface area contributed by atoms with Crippen LogP contribution in [0.3, 0.4) is 0 Å². The molecule has 1 aliphatic rings. The summed E-state index contributed by atoms with van der Waals surface area (Å²) in [7, 11) is 1.37. The van der Waals surface area contributed by atoms with Gasteiger partial charge in [-0.15, -0.1) is 11.3 Å². The Morgan fingerprint density at radius 1 is 1.43 bits per heavy atom. The molecule has 1 aliphatic carbocycles. The topological polar surface area (TPSA) is 64.3 Å². The zero-order chi connectivity index (χ0) is 14.8. The average Bonchev–Trinajstić information content (AvgIpc) is 2.98. The third-order valence-corrected chi connectivity index (χ3v) is 4.85. The van der Waals surface area contributed by atoms with E-state index in [0.29, 0.717) is 17.3 Å². The Labute approximate surface area is 127 Å². The van der Waals surface area contributed by atoms with Gasteiger partial charge in [-0.1, -0.05) is 0 Å². The van der Waals surface area contributed by atoms with Crippen LogP contribution < -0.4 is 11.1 Å². The Hall–Kier alpha value is -2.01. The van der Waals surface area contributed by atoms with Crippen LogP contribution in [0.2, 0.25) is 0 Å². The minimum absolute atomic E-state index is 0.297. The number of ether oxygens (including phenoxy) is 1. The molecule has 1 unspecified atom stereocenters. The maximum Gasteiger partial charge on any atom is 0.337 e. The number of nitrogens with two attached hydrogens (primary N) is 1. The third-order valence-electron chi connectivity index (χ3n) is 3.85. The average molecular weight is 302 g/mol. The maximum absolute atomic E-state index is 11.5. The number of hydrogen-bond donors (Lipinski definition) is 2. The number of methoxy groups -OCH3 is 1. The van der Waals surface area contributed by atoms with E-state index in [-0.39, 0.29) is 5.97 Å². The highest BCUT2D eigenvalue weighted by Gasteiger charge is 2.21. The maximum atomic E-state index is 11.5. The molecule has 3 N–H and O–H groups in total. The number of aryl methyl sites for hydroxylation is 1. The van der Waals surface area contributed by atoms with Gasteiger partial charge in [0.2, 0.25) is 0 Å². The van der Waals surface area contributed by atoms with E-state index in [4.69, 9.17) is 10.5 Å². The van der Waals surface area contributed by atoms with Crippen molar-refractivity contribution in [2.45, 2.75) is 25.3 Å². The monoisotopic (exact) mass is 302 g/mol. The molecule has 1 heterocycles. The Morgan fingerprint density at radius 3 is 3.05 bits per heavy atom. The summed E-state index contributed by atoms with van der Waals surface area (Å²) < 4.78 is 4.70.